The molecular formula is C10H14O5. The Bertz CT molecular complexity index is 300. The Hall–Kier alpha value is -0.650. The lowest BCUT2D eigenvalue weighted by Gasteiger charge is -2.21. The molecule has 3 heterocycles. The summed E-state index contributed by atoms with van der Waals surface area (Å²) < 4.78 is 22.1. The van der Waals surface area contributed by atoms with E-state index >= 15 is 0 Å². The smallest absolute Gasteiger partial charge is 0.308 e. The zero-order valence-electron chi connectivity index (χ0n) is 8.76. The van der Waals surface area contributed by atoms with Crippen LogP contribution in [0.3, 0.4) is 0 Å². The molecule has 3 fully saturated rings. The highest BCUT2D eigenvalue weighted by molar-refractivity contribution is 5.70. The van der Waals surface area contributed by atoms with E-state index < -0.39 is 5.79 Å². The fourth-order valence-corrected chi connectivity index (χ4v) is 2.47. The lowest BCUT2D eigenvalue weighted by atomic mass is 10.1. The molecule has 5 nitrogen and oxygen atoms in total. The SMILES string of the molecule is CC1(C)O[C@@H]2[C@H](O1)[C@H]1CC(=O)OC[C@@H]2O1. The van der Waals surface area contributed by atoms with Crippen LogP contribution in [0.5, 0.6) is 0 Å². The van der Waals surface area contributed by atoms with Crippen LogP contribution < -0.4 is 0 Å². The van der Waals surface area contributed by atoms with Gasteiger partial charge in [-0.05, 0) is 13.8 Å². The standard InChI is InChI=1S/C10H14O5/c1-10(2)14-8-5-3-7(11)12-4-6(13-5)9(8)15-10/h5-6,8-9H,3-4H2,1-2H3/t5-,6+,8-,9+/m1/s1. The van der Waals surface area contributed by atoms with Crippen molar-refractivity contribution in [2.75, 3.05) is 6.61 Å². The highest BCUT2D eigenvalue weighted by atomic mass is 16.8. The number of carbonyl (C=O) groups is 1. The lowest BCUT2D eigenvalue weighted by molar-refractivity contribution is -0.186. The van der Waals surface area contributed by atoms with Crippen molar-refractivity contribution in [3.8, 4) is 0 Å². The number of hydrogen-bond donors (Lipinski definition) is 0. The van der Waals surface area contributed by atoms with Crippen molar-refractivity contribution in [1.82, 2.24) is 0 Å². The fraction of sp³-hybridized carbons (Fsp3) is 0.900. The Morgan fingerprint density at radius 2 is 1.87 bits per heavy atom. The topological polar surface area (TPSA) is 54.0 Å². The van der Waals surface area contributed by atoms with E-state index in [1.807, 2.05) is 13.8 Å². The van der Waals surface area contributed by atoms with E-state index in [4.69, 9.17) is 18.9 Å². The molecule has 0 N–H and O–H groups in total. The number of ether oxygens (including phenoxy) is 4. The first-order chi connectivity index (χ1) is 7.05. The van der Waals surface area contributed by atoms with Gasteiger partial charge in [-0.3, -0.25) is 4.79 Å². The van der Waals surface area contributed by atoms with E-state index in [0.29, 0.717) is 0 Å². The van der Waals surface area contributed by atoms with Gasteiger partial charge in [0, 0.05) is 0 Å². The van der Waals surface area contributed by atoms with E-state index in [2.05, 4.69) is 0 Å². The summed E-state index contributed by atoms with van der Waals surface area (Å²) in [5, 5.41) is 0. The molecule has 0 radical (unpaired) electrons. The van der Waals surface area contributed by atoms with E-state index in [-0.39, 0.29) is 43.4 Å². The maximum absolute atomic E-state index is 11.2. The number of esters is 1. The van der Waals surface area contributed by atoms with Crippen molar-refractivity contribution in [1.29, 1.82) is 0 Å². The molecule has 0 spiro atoms. The zero-order chi connectivity index (χ0) is 10.6. The minimum atomic E-state index is -0.580. The van der Waals surface area contributed by atoms with Crippen LogP contribution in [-0.2, 0) is 23.7 Å². The van der Waals surface area contributed by atoms with Gasteiger partial charge in [0.1, 0.15) is 24.9 Å². The van der Waals surface area contributed by atoms with Gasteiger partial charge in [-0.25, -0.2) is 0 Å². The third-order valence-corrected chi connectivity index (χ3v) is 3.02. The quantitative estimate of drug-likeness (QED) is 0.540. The van der Waals surface area contributed by atoms with Gasteiger partial charge in [-0.1, -0.05) is 0 Å². The molecule has 0 aliphatic carbocycles. The minimum Gasteiger partial charge on any atom is -0.463 e. The van der Waals surface area contributed by atoms with Crippen molar-refractivity contribution in [2.45, 2.75) is 50.5 Å². The second-order valence-electron chi connectivity index (χ2n) is 4.66. The van der Waals surface area contributed by atoms with Crippen LogP contribution in [0.15, 0.2) is 0 Å². The van der Waals surface area contributed by atoms with Crippen LogP contribution in [0, 0.1) is 0 Å². The van der Waals surface area contributed by atoms with E-state index in [1.165, 1.54) is 0 Å². The average molecular weight is 214 g/mol. The fourth-order valence-electron chi connectivity index (χ4n) is 2.47. The molecule has 0 unspecified atom stereocenters. The van der Waals surface area contributed by atoms with Crippen molar-refractivity contribution >= 4 is 5.97 Å². The molecule has 4 atom stereocenters. The predicted octanol–water partition coefficient (Wildman–Crippen LogP) is 0.221. The second kappa shape index (κ2) is 2.93. The molecule has 0 amide bonds. The lowest BCUT2D eigenvalue weighted by Crippen LogP contribution is -2.35. The Morgan fingerprint density at radius 1 is 1.20 bits per heavy atom. The predicted molar refractivity (Wildman–Crippen MR) is 48.1 cm³/mol. The molecule has 2 bridgehead atoms. The first-order valence-electron chi connectivity index (χ1n) is 5.22. The molecule has 3 rings (SSSR count). The number of fused-ring (bicyclic) bond motifs is 5. The summed E-state index contributed by atoms with van der Waals surface area (Å²) in [4.78, 5) is 11.2. The molecule has 0 aromatic carbocycles. The van der Waals surface area contributed by atoms with Gasteiger partial charge in [-0.15, -0.1) is 0 Å². The molecule has 3 saturated heterocycles. The normalized spacial score (nSPS) is 47.2. The summed E-state index contributed by atoms with van der Waals surface area (Å²) in [5.41, 5.74) is 0. The van der Waals surface area contributed by atoms with E-state index in [9.17, 15) is 4.79 Å². The van der Waals surface area contributed by atoms with Crippen LogP contribution >= 0.6 is 0 Å². The van der Waals surface area contributed by atoms with Crippen molar-refractivity contribution in [2.24, 2.45) is 0 Å². The third-order valence-electron chi connectivity index (χ3n) is 3.02. The molecule has 3 aliphatic rings. The van der Waals surface area contributed by atoms with Crippen LogP contribution in [0.1, 0.15) is 20.3 Å². The molecule has 0 aromatic heterocycles. The van der Waals surface area contributed by atoms with Crippen LogP contribution in [0.2, 0.25) is 0 Å². The Morgan fingerprint density at radius 3 is 2.60 bits per heavy atom. The summed E-state index contributed by atoms with van der Waals surface area (Å²) in [6.07, 6.45) is -0.349. The first-order valence-corrected chi connectivity index (χ1v) is 5.22. The highest BCUT2D eigenvalue weighted by Gasteiger charge is 2.56. The molecular weight excluding hydrogens is 200 g/mol. The van der Waals surface area contributed by atoms with E-state index in [0.717, 1.165) is 0 Å². The molecule has 3 aliphatic heterocycles. The number of cyclic esters (lactones) is 1. The summed E-state index contributed by atoms with van der Waals surface area (Å²) >= 11 is 0. The second-order valence-corrected chi connectivity index (χ2v) is 4.66. The van der Waals surface area contributed by atoms with Gasteiger partial charge in [0.05, 0.1) is 12.5 Å². The van der Waals surface area contributed by atoms with Gasteiger partial charge in [-0.2, -0.15) is 0 Å². The summed E-state index contributed by atoms with van der Waals surface area (Å²) in [7, 11) is 0. The first kappa shape index (κ1) is 9.57. The zero-order valence-corrected chi connectivity index (χ0v) is 8.76. The molecule has 15 heavy (non-hydrogen) atoms. The largest absolute Gasteiger partial charge is 0.463 e. The van der Waals surface area contributed by atoms with Gasteiger partial charge < -0.3 is 18.9 Å². The monoisotopic (exact) mass is 214 g/mol. The summed E-state index contributed by atoms with van der Waals surface area (Å²) in [5.74, 6) is -0.794. The van der Waals surface area contributed by atoms with Gasteiger partial charge in [0.25, 0.3) is 0 Å². The van der Waals surface area contributed by atoms with E-state index in [1.54, 1.807) is 0 Å². The number of carbonyl (C=O) groups excluding carboxylic acids is 1. The van der Waals surface area contributed by atoms with Gasteiger partial charge in [0.15, 0.2) is 5.79 Å². The number of hydrogen-bond acceptors (Lipinski definition) is 5. The Balaban J connectivity index is 1.85. The van der Waals surface area contributed by atoms with Gasteiger partial charge >= 0.3 is 5.97 Å². The number of rotatable bonds is 0. The average Bonchev–Trinajstić information content (AvgIpc) is 2.51. The maximum Gasteiger partial charge on any atom is 0.308 e. The molecule has 5 heteroatoms. The Labute approximate surface area is 87.6 Å². The van der Waals surface area contributed by atoms with Crippen LogP contribution in [0.4, 0.5) is 0 Å². The van der Waals surface area contributed by atoms with Crippen LogP contribution in [0.25, 0.3) is 0 Å². The molecule has 0 saturated carbocycles. The van der Waals surface area contributed by atoms with Crippen molar-refractivity contribution in [3.63, 3.8) is 0 Å². The summed E-state index contributed by atoms with van der Waals surface area (Å²) in [6, 6.07) is 0. The van der Waals surface area contributed by atoms with Gasteiger partial charge in [0.2, 0.25) is 0 Å². The minimum absolute atomic E-state index is 0.0990. The molecule has 0 aromatic rings. The van der Waals surface area contributed by atoms with Crippen molar-refractivity contribution in [3.05, 3.63) is 0 Å². The molecule has 84 valence electrons. The third kappa shape index (κ3) is 1.46. The van der Waals surface area contributed by atoms with Crippen LogP contribution in [-0.4, -0.2) is 42.8 Å². The summed E-state index contributed by atoms with van der Waals surface area (Å²) in [6.45, 7) is 4.02. The Kier molecular flexibility index (Phi) is 1.87. The van der Waals surface area contributed by atoms with Crippen molar-refractivity contribution < 1.29 is 23.7 Å². The highest BCUT2D eigenvalue weighted by Crippen LogP contribution is 2.40. The maximum atomic E-state index is 11.2.